The van der Waals surface area contributed by atoms with Crippen molar-refractivity contribution in [2.45, 2.75) is 6.10 Å². The van der Waals surface area contributed by atoms with Gasteiger partial charge in [0.1, 0.15) is 23.3 Å². The summed E-state index contributed by atoms with van der Waals surface area (Å²) in [5, 5.41) is 0. The molecule has 5 heteroatoms. The van der Waals surface area contributed by atoms with E-state index in [-0.39, 0.29) is 6.10 Å². The number of epoxide rings is 1. The fourth-order valence-corrected chi connectivity index (χ4v) is 1.32. The number of ether oxygens (including phenoxy) is 2. The molecule has 15 heavy (non-hydrogen) atoms. The largest absolute Gasteiger partial charge is 0.465 e. The summed E-state index contributed by atoms with van der Waals surface area (Å²) in [4.78, 5) is 11.0. The number of methoxy groups -OCH3 is 1. The maximum Gasteiger partial charge on any atom is 0.343 e. The number of esters is 1. The Morgan fingerprint density at radius 3 is 2.40 bits per heavy atom. The van der Waals surface area contributed by atoms with Gasteiger partial charge in [0.2, 0.25) is 0 Å². The fourth-order valence-electron chi connectivity index (χ4n) is 1.32. The summed E-state index contributed by atoms with van der Waals surface area (Å²) in [6, 6.07) is 2.18. The maximum absolute atomic E-state index is 13.3. The molecule has 3 nitrogen and oxygen atoms in total. The van der Waals surface area contributed by atoms with Gasteiger partial charge in [0, 0.05) is 0 Å². The third-order valence-electron chi connectivity index (χ3n) is 2.16. The summed E-state index contributed by atoms with van der Waals surface area (Å²) < 4.78 is 35.8. The van der Waals surface area contributed by atoms with Crippen molar-refractivity contribution >= 4 is 5.97 Å². The molecule has 1 heterocycles. The van der Waals surface area contributed by atoms with Crippen LogP contribution in [0.2, 0.25) is 0 Å². The second-order valence-electron chi connectivity index (χ2n) is 3.17. The minimum Gasteiger partial charge on any atom is -0.465 e. The van der Waals surface area contributed by atoms with Crippen LogP contribution >= 0.6 is 0 Å². The van der Waals surface area contributed by atoms with Crippen molar-refractivity contribution in [2.24, 2.45) is 0 Å². The lowest BCUT2D eigenvalue weighted by Gasteiger charge is -2.04. The van der Waals surface area contributed by atoms with Gasteiger partial charge in [-0.05, 0) is 17.7 Å². The third-order valence-corrected chi connectivity index (χ3v) is 2.16. The van der Waals surface area contributed by atoms with Gasteiger partial charge in [-0.1, -0.05) is 0 Å². The van der Waals surface area contributed by atoms with Crippen LogP contribution in [0.25, 0.3) is 0 Å². The summed E-state index contributed by atoms with van der Waals surface area (Å²) in [6.45, 7) is 0.455. The van der Waals surface area contributed by atoms with Crippen LogP contribution in [0.3, 0.4) is 0 Å². The van der Waals surface area contributed by atoms with Crippen LogP contribution in [0.4, 0.5) is 8.78 Å². The molecule has 1 aromatic rings. The van der Waals surface area contributed by atoms with E-state index in [4.69, 9.17) is 4.74 Å². The standard InChI is InChI=1S/C10H8F2O3/c1-14-10(13)9-6(11)2-5(3-7(9)12)8-4-15-8/h2-3,8H,4H2,1H3. The summed E-state index contributed by atoms with van der Waals surface area (Å²) in [5.41, 5.74) is -0.264. The number of halogens is 2. The number of carbonyl (C=O) groups excluding carboxylic acids is 1. The number of hydrogen-bond donors (Lipinski definition) is 0. The smallest absolute Gasteiger partial charge is 0.343 e. The van der Waals surface area contributed by atoms with E-state index in [2.05, 4.69) is 4.74 Å². The number of carbonyl (C=O) groups is 1. The first-order chi connectivity index (χ1) is 7.13. The van der Waals surface area contributed by atoms with E-state index >= 15 is 0 Å². The van der Waals surface area contributed by atoms with Crippen LogP contribution in [-0.2, 0) is 9.47 Å². The molecule has 0 amide bonds. The van der Waals surface area contributed by atoms with Gasteiger partial charge >= 0.3 is 5.97 Å². The second kappa shape index (κ2) is 3.58. The Bertz CT molecular complexity index is 390. The molecule has 0 aliphatic carbocycles. The summed E-state index contributed by atoms with van der Waals surface area (Å²) in [5.74, 6) is -2.87. The minimum absolute atomic E-state index is 0.249. The Hall–Kier alpha value is -1.49. The molecule has 1 fully saturated rings. The first kappa shape index (κ1) is 10.0. The quantitative estimate of drug-likeness (QED) is 0.556. The lowest BCUT2D eigenvalue weighted by molar-refractivity contribution is 0.0589. The zero-order chi connectivity index (χ0) is 11.0. The van der Waals surface area contributed by atoms with E-state index in [9.17, 15) is 13.6 Å². The number of hydrogen-bond acceptors (Lipinski definition) is 3. The topological polar surface area (TPSA) is 38.8 Å². The zero-order valence-electron chi connectivity index (χ0n) is 7.92. The van der Waals surface area contributed by atoms with Crippen LogP contribution in [0.5, 0.6) is 0 Å². The zero-order valence-corrected chi connectivity index (χ0v) is 7.92. The molecule has 1 atom stereocenters. The van der Waals surface area contributed by atoms with E-state index in [1.54, 1.807) is 0 Å². The predicted molar refractivity (Wildman–Crippen MR) is 46.4 cm³/mol. The van der Waals surface area contributed by atoms with Gasteiger partial charge in [-0.2, -0.15) is 0 Å². The van der Waals surface area contributed by atoms with Gasteiger partial charge in [0.25, 0.3) is 0 Å². The molecule has 0 spiro atoms. The molecule has 1 aliphatic rings. The second-order valence-corrected chi connectivity index (χ2v) is 3.17. The normalized spacial score (nSPS) is 18.7. The van der Waals surface area contributed by atoms with Crippen LogP contribution in [-0.4, -0.2) is 19.7 Å². The molecular weight excluding hydrogens is 206 g/mol. The Labute approximate surface area is 84.6 Å². The van der Waals surface area contributed by atoms with Crippen molar-refractivity contribution < 1.29 is 23.0 Å². The Balaban J connectivity index is 2.43. The van der Waals surface area contributed by atoms with Gasteiger partial charge in [-0.3, -0.25) is 0 Å². The van der Waals surface area contributed by atoms with E-state index in [0.717, 1.165) is 19.2 Å². The van der Waals surface area contributed by atoms with Crippen molar-refractivity contribution in [1.29, 1.82) is 0 Å². The highest BCUT2D eigenvalue weighted by Gasteiger charge is 2.28. The molecule has 0 N–H and O–H groups in total. The predicted octanol–water partition coefficient (Wildman–Crippen LogP) is 1.82. The Morgan fingerprint density at radius 2 is 2.00 bits per heavy atom. The molecule has 1 unspecified atom stereocenters. The van der Waals surface area contributed by atoms with Crippen molar-refractivity contribution in [3.63, 3.8) is 0 Å². The van der Waals surface area contributed by atoms with Crippen molar-refractivity contribution in [3.05, 3.63) is 34.9 Å². The van der Waals surface area contributed by atoms with E-state index < -0.39 is 23.2 Å². The molecule has 0 bridgehead atoms. The highest BCUT2D eigenvalue weighted by molar-refractivity contribution is 5.90. The average Bonchev–Trinajstić information content (AvgIpc) is 2.99. The van der Waals surface area contributed by atoms with Gasteiger partial charge in [0.15, 0.2) is 0 Å². The summed E-state index contributed by atoms with van der Waals surface area (Å²) in [6.07, 6.45) is -0.249. The SMILES string of the molecule is COC(=O)c1c(F)cc(C2CO2)cc1F. The van der Waals surface area contributed by atoms with Gasteiger partial charge < -0.3 is 9.47 Å². The van der Waals surface area contributed by atoms with E-state index in [1.807, 2.05) is 0 Å². The Morgan fingerprint density at radius 1 is 1.47 bits per heavy atom. The molecule has 0 saturated carbocycles. The highest BCUT2D eigenvalue weighted by atomic mass is 19.1. The first-order valence-electron chi connectivity index (χ1n) is 4.32. The lowest BCUT2D eigenvalue weighted by atomic mass is 10.1. The molecule has 2 rings (SSSR count). The maximum atomic E-state index is 13.3. The molecule has 0 radical (unpaired) electrons. The van der Waals surface area contributed by atoms with E-state index in [1.165, 1.54) is 0 Å². The Kier molecular flexibility index (Phi) is 2.40. The van der Waals surface area contributed by atoms with Gasteiger partial charge in [0.05, 0.1) is 13.7 Å². The van der Waals surface area contributed by atoms with Gasteiger partial charge in [-0.25, -0.2) is 13.6 Å². The summed E-state index contributed by atoms with van der Waals surface area (Å²) in [7, 11) is 1.07. The number of benzene rings is 1. The van der Waals surface area contributed by atoms with Crippen molar-refractivity contribution in [3.8, 4) is 0 Å². The molecule has 0 aromatic heterocycles. The lowest BCUT2D eigenvalue weighted by Crippen LogP contribution is -2.08. The summed E-state index contributed by atoms with van der Waals surface area (Å²) >= 11 is 0. The van der Waals surface area contributed by atoms with Crippen LogP contribution < -0.4 is 0 Å². The van der Waals surface area contributed by atoms with Gasteiger partial charge in [-0.15, -0.1) is 0 Å². The average molecular weight is 214 g/mol. The molecule has 1 saturated heterocycles. The fraction of sp³-hybridized carbons (Fsp3) is 0.300. The van der Waals surface area contributed by atoms with Crippen LogP contribution in [0.15, 0.2) is 12.1 Å². The molecular formula is C10H8F2O3. The minimum atomic E-state index is -1.02. The monoisotopic (exact) mass is 214 g/mol. The van der Waals surface area contributed by atoms with Crippen LogP contribution in [0.1, 0.15) is 22.0 Å². The highest BCUT2D eigenvalue weighted by Crippen LogP contribution is 2.31. The third kappa shape index (κ3) is 1.83. The molecule has 80 valence electrons. The molecule has 1 aromatic carbocycles. The van der Waals surface area contributed by atoms with Crippen LogP contribution in [0, 0.1) is 11.6 Å². The van der Waals surface area contributed by atoms with Crippen molar-refractivity contribution in [1.82, 2.24) is 0 Å². The number of rotatable bonds is 2. The first-order valence-corrected chi connectivity index (χ1v) is 4.32. The molecule has 1 aliphatic heterocycles. The van der Waals surface area contributed by atoms with Crippen molar-refractivity contribution in [2.75, 3.05) is 13.7 Å². The van der Waals surface area contributed by atoms with E-state index in [0.29, 0.717) is 12.2 Å².